The highest BCUT2D eigenvalue weighted by molar-refractivity contribution is 5.82. The molecule has 0 aliphatic rings. The number of hydrogen-bond donors (Lipinski definition) is 4. The fourth-order valence-corrected chi connectivity index (χ4v) is 2.55. The minimum absolute atomic E-state index is 0.0323. The summed E-state index contributed by atoms with van der Waals surface area (Å²) in [5.41, 5.74) is 0. The Hall–Kier alpha value is -3.48. The topological polar surface area (TPSA) is 223 Å². The van der Waals surface area contributed by atoms with E-state index in [1.54, 1.807) is 0 Å². The van der Waals surface area contributed by atoms with Gasteiger partial charge in [-0.05, 0) is 12.8 Å². The van der Waals surface area contributed by atoms with Gasteiger partial charge >= 0.3 is 23.9 Å². The molecule has 4 N–H and O–H groups in total. The third-order valence-corrected chi connectivity index (χ3v) is 4.73. The average molecular weight is 665 g/mol. The highest BCUT2D eigenvalue weighted by Gasteiger charge is 2.10. The Kier molecular flexibility index (Phi) is 30.6. The van der Waals surface area contributed by atoms with Gasteiger partial charge in [0, 0.05) is 50.7 Å². The van der Waals surface area contributed by atoms with E-state index in [0.717, 1.165) is 24.3 Å². The Morgan fingerprint density at radius 3 is 0.783 bits per heavy atom. The van der Waals surface area contributed by atoms with Crippen LogP contribution in [-0.4, -0.2) is 148 Å². The van der Waals surface area contributed by atoms with Gasteiger partial charge in [-0.25, -0.2) is 19.2 Å². The van der Waals surface area contributed by atoms with Gasteiger partial charge in [0.05, 0.1) is 26.4 Å². The molecule has 0 spiro atoms. The molecule has 0 aliphatic heterocycles. The molecule has 0 fully saturated rings. The van der Waals surface area contributed by atoms with Crippen molar-refractivity contribution < 1.29 is 77.5 Å². The molecule has 16 heteroatoms. The molecule has 0 aromatic rings. The summed E-state index contributed by atoms with van der Waals surface area (Å²) in [6, 6.07) is 0. The average Bonchev–Trinajstić information content (AvgIpc) is 3.06. The maximum absolute atomic E-state index is 10.8. The molecule has 0 amide bonds. The molecule has 4 unspecified atom stereocenters. The van der Waals surface area contributed by atoms with Gasteiger partial charge in [-0.1, -0.05) is 26.3 Å². The molecule has 0 rings (SSSR count). The van der Waals surface area contributed by atoms with E-state index in [0.29, 0.717) is 39.3 Å². The van der Waals surface area contributed by atoms with E-state index < -0.39 is 48.3 Å². The van der Waals surface area contributed by atoms with Crippen LogP contribution in [0.25, 0.3) is 0 Å². The van der Waals surface area contributed by atoms with Crippen LogP contribution in [-0.2, 0) is 57.1 Å². The minimum atomic E-state index is -0.902. The SMILES string of the molecule is C=CC(=O)OCC(O)COCCCOCC(O)COC(=O)C=C.C=CC(=O)OCC(O)COCCCOCC(O)COC(=O)C=C. The van der Waals surface area contributed by atoms with E-state index in [-0.39, 0.29) is 52.9 Å². The Bertz CT molecular complexity index is 739. The van der Waals surface area contributed by atoms with Crippen LogP contribution in [0, 0.1) is 0 Å². The van der Waals surface area contributed by atoms with E-state index in [1.165, 1.54) is 0 Å². The van der Waals surface area contributed by atoms with Gasteiger partial charge in [-0.15, -0.1) is 0 Å². The van der Waals surface area contributed by atoms with Gasteiger partial charge in [-0.3, -0.25) is 0 Å². The van der Waals surface area contributed by atoms with Crippen molar-refractivity contribution in [2.24, 2.45) is 0 Å². The van der Waals surface area contributed by atoms with Gasteiger partial charge in [0.25, 0.3) is 0 Å². The van der Waals surface area contributed by atoms with Crippen molar-refractivity contribution in [1.29, 1.82) is 0 Å². The highest BCUT2D eigenvalue weighted by atomic mass is 16.6. The summed E-state index contributed by atoms with van der Waals surface area (Å²) in [6.45, 7) is 13.8. The molecule has 16 nitrogen and oxygen atoms in total. The number of ether oxygens (including phenoxy) is 8. The number of aliphatic hydroxyl groups excluding tert-OH is 4. The summed E-state index contributed by atoms with van der Waals surface area (Å²) in [7, 11) is 0. The van der Waals surface area contributed by atoms with Crippen molar-refractivity contribution in [2.45, 2.75) is 37.3 Å². The van der Waals surface area contributed by atoms with E-state index in [4.69, 9.17) is 18.9 Å². The lowest BCUT2D eigenvalue weighted by Gasteiger charge is -2.12. The predicted octanol–water partition coefficient (Wildman–Crippen LogP) is -0.820. The molecule has 0 aromatic carbocycles. The lowest BCUT2D eigenvalue weighted by molar-refractivity contribution is -0.143. The fraction of sp³-hybridized carbons (Fsp3) is 0.600. The summed E-state index contributed by atoms with van der Waals surface area (Å²) < 4.78 is 39.3. The van der Waals surface area contributed by atoms with Crippen molar-refractivity contribution in [3.63, 3.8) is 0 Å². The summed E-state index contributed by atoms with van der Waals surface area (Å²) in [4.78, 5) is 43.0. The van der Waals surface area contributed by atoms with Gasteiger partial charge in [-0.2, -0.15) is 0 Å². The highest BCUT2D eigenvalue weighted by Crippen LogP contribution is 1.96. The largest absolute Gasteiger partial charge is 0.460 e. The number of carbonyl (C=O) groups excluding carboxylic acids is 4. The van der Waals surface area contributed by atoms with Crippen molar-refractivity contribution in [1.82, 2.24) is 0 Å². The first kappa shape index (κ1) is 44.6. The van der Waals surface area contributed by atoms with Crippen LogP contribution in [0.1, 0.15) is 12.8 Å². The molecule has 0 saturated heterocycles. The van der Waals surface area contributed by atoms with Crippen LogP contribution in [0.2, 0.25) is 0 Å². The first-order chi connectivity index (χ1) is 22.0. The lowest BCUT2D eigenvalue weighted by atomic mass is 10.4. The number of rotatable bonds is 28. The maximum atomic E-state index is 10.8. The number of hydrogen-bond acceptors (Lipinski definition) is 16. The Morgan fingerprint density at radius 1 is 0.413 bits per heavy atom. The van der Waals surface area contributed by atoms with Crippen LogP contribution in [0.4, 0.5) is 0 Å². The van der Waals surface area contributed by atoms with Crippen LogP contribution in [0.15, 0.2) is 50.6 Å². The first-order valence-electron chi connectivity index (χ1n) is 14.2. The zero-order valence-electron chi connectivity index (χ0n) is 26.0. The molecule has 0 bridgehead atoms. The van der Waals surface area contributed by atoms with Crippen molar-refractivity contribution in [3.05, 3.63) is 50.6 Å². The molecule has 0 heterocycles. The molecule has 0 saturated carbocycles. The summed E-state index contributed by atoms with van der Waals surface area (Å²) >= 11 is 0. The molecular weight excluding hydrogens is 616 g/mol. The second-order valence-corrected chi connectivity index (χ2v) is 8.96. The van der Waals surface area contributed by atoms with Crippen LogP contribution < -0.4 is 0 Å². The molecular formula is C30H48O16. The maximum Gasteiger partial charge on any atom is 0.330 e. The summed E-state index contributed by atoms with van der Waals surface area (Å²) in [6.07, 6.45) is 1.55. The first-order valence-corrected chi connectivity index (χ1v) is 14.2. The molecule has 46 heavy (non-hydrogen) atoms. The summed E-state index contributed by atoms with van der Waals surface area (Å²) in [5.74, 6) is -2.41. The third kappa shape index (κ3) is 31.9. The second-order valence-electron chi connectivity index (χ2n) is 8.96. The Balaban J connectivity index is 0. The van der Waals surface area contributed by atoms with Gasteiger partial charge in [0.1, 0.15) is 50.8 Å². The lowest BCUT2D eigenvalue weighted by Crippen LogP contribution is -2.24. The molecule has 264 valence electrons. The van der Waals surface area contributed by atoms with Crippen LogP contribution in [0.5, 0.6) is 0 Å². The van der Waals surface area contributed by atoms with Crippen LogP contribution in [0.3, 0.4) is 0 Å². The summed E-state index contributed by atoms with van der Waals surface area (Å²) in [5, 5.41) is 37.8. The van der Waals surface area contributed by atoms with Crippen molar-refractivity contribution in [3.8, 4) is 0 Å². The zero-order valence-corrected chi connectivity index (χ0v) is 26.0. The van der Waals surface area contributed by atoms with E-state index in [9.17, 15) is 39.6 Å². The zero-order chi connectivity index (χ0) is 35.0. The quantitative estimate of drug-likeness (QED) is 0.0347. The second kappa shape index (κ2) is 31.5. The molecule has 4 atom stereocenters. The number of aliphatic hydroxyl groups is 4. The third-order valence-electron chi connectivity index (χ3n) is 4.73. The monoisotopic (exact) mass is 664 g/mol. The normalized spacial score (nSPS) is 13.0. The fourth-order valence-electron chi connectivity index (χ4n) is 2.55. The van der Waals surface area contributed by atoms with Gasteiger partial charge in [0.15, 0.2) is 0 Å². The van der Waals surface area contributed by atoms with Crippen LogP contribution >= 0.6 is 0 Å². The van der Waals surface area contributed by atoms with E-state index in [2.05, 4.69) is 45.3 Å². The Morgan fingerprint density at radius 2 is 0.609 bits per heavy atom. The van der Waals surface area contributed by atoms with Crippen molar-refractivity contribution >= 4 is 23.9 Å². The predicted molar refractivity (Wildman–Crippen MR) is 161 cm³/mol. The standard InChI is InChI=1S/2C15H24O8/c2*1-3-14(18)22-10-12(16)8-20-6-5-7-21-9-13(17)11-23-15(19)4-2/h2*3-4,12-13,16-17H,1-2,5-11H2. The Labute approximate surface area is 268 Å². The number of esters is 4. The van der Waals surface area contributed by atoms with Gasteiger partial charge < -0.3 is 58.3 Å². The smallest absolute Gasteiger partial charge is 0.330 e. The van der Waals surface area contributed by atoms with E-state index >= 15 is 0 Å². The number of carbonyl (C=O) groups is 4. The molecule has 0 aliphatic carbocycles. The minimum Gasteiger partial charge on any atom is -0.460 e. The molecule has 0 aromatic heterocycles. The van der Waals surface area contributed by atoms with E-state index in [1.807, 2.05) is 0 Å². The molecule has 0 radical (unpaired) electrons. The van der Waals surface area contributed by atoms with Gasteiger partial charge in [0.2, 0.25) is 0 Å². The van der Waals surface area contributed by atoms with Crippen molar-refractivity contribution in [2.75, 3.05) is 79.3 Å².